The fraction of sp³-hybridized carbons (Fsp3) is 0.300. The Balaban J connectivity index is 0.000000217. The smallest absolute Gasteiger partial charge is 0.298 e. The molecule has 0 aliphatic carbocycles. The van der Waals surface area contributed by atoms with E-state index in [2.05, 4.69) is 21.9 Å². The van der Waals surface area contributed by atoms with E-state index in [1.807, 2.05) is 48.5 Å². The molecule has 2 aliphatic rings. The number of imidazole rings is 1. The Hall–Kier alpha value is -4.29. The van der Waals surface area contributed by atoms with Crippen LogP contribution >= 0.6 is 0 Å². The highest BCUT2D eigenvalue weighted by molar-refractivity contribution is 5.93. The third-order valence-corrected chi connectivity index (χ3v) is 6.80. The molecule has 200 valence electrons. The Morgan fingerprint density at radius 2 is 1.85 bits per heavy atom. The molecule has 0 atom stereocenters. The normalized spacial score (nSPS) is 14.7. The molecule has 4 aromatic rings. The van der Waals surface area contributed by atoms with Crippen LogP contribution in [0.4, 0.5) is 8.78 Å². The van der Waals surface area contributed by atoms with Crippen molar-refractivity contribution in [1.29, 1.82) is 0 Å². The average molecular weight is 530 g/mol. The van der Waals surface area contributed by atoms with Gasteiger partial charge in [-0.05, 0) is 49.4 Å². The summed E-state index contributed by atoms with van der Waals surface area (Å²) in [4.78, 5) is 17.7. The standard InChI is InChI=1S/C21H15F2N3O.C9H14N2O/c22-21(23)16-8-9-18-24-19(15-7-6-13-10-11-27-17(13)12-15)20(26(18)25-16)14-4-2-1-3-5-14;1-2-3-9(12)11-6-4-8(10)5-7-11/h1-9,12,21H,10-11H2;8H,4-7,10H2,1H3. The van der Waals surface area contributed by atoms with Crippen molar-refractivity contribution in [3.8, 4) is 40.1 Å². The highest BCUT2D eigenvalue weighted by atomic mass is 19.3. The Morgan fingerprint density at radius 3 is 2.56 bits per heavy atom. The second-order valence-electron chi connectivity index (χ2n) is 9.43. The lowest BCUT2D eigenvalue weighted by molar-refractivity contribution is -0.126. The summed E-state index contributed by atoms with van der Waals surface area (Å²) in [6.45, 7) is 3.87. The van der Waals surface area contributed by atoms with Crippen LogP contribution in [0.1, 0.15) is 37.4 Å². The van der Waals surface area contributed by atoms with Gasteiger partial charge in [0.15, 0.2) is 5.65 Å². The summed E-state index contributed by atoms with van der Waals surface area (Å²) in [7, 11) is 0. The van der Waals surface area contributed by atoms with E-state index in [0.717, 1.165) is 49.2 Å². The number of likely N-dealkylation sites (tertiary alicyclic amines) is 1. The van der Waals surface area contributed by atoms with Gasteiger partial charge in [0.25, 0.3) is 12.3 Å². The van der Waals surface area contributed by atoms with Gasteiger partial charge in [-0.2, -0.15) is 5.10 Å². The summed E-state index contributed by atoms with van der Waals surface area (Å²) in [5, 5.41) is 4.14. The van der Waals surface area contributed by atoms with Crippen LogP contribution in [0.2, 0.25) is 0 Å². The number of piperidine rings is 1. The molecule has 9 heteroatoms. The van der Waals surface area contributed by atoms with Crippen molar-refractivity contribution in [2.45, 2.75) is 38.7 Å². The minimum absolute atomic E-state index is 0.0654. The van der Waals surface area contributed by atoms with Crippen LogP contribution in [0.5, 0.6) is 5.75 Å². The topological polar surface area (TPSA) is 85.8 Å². The molecule has 7 nitrogen and oxygen atoms in total. The predicted molar refractivity (Wildman–Crippen MR) is 145 cm³/mol. The van der Waals surface area contributed by atoms with E-state index < -0.39 is 6.43 Å². The quantitative estimate of drug-likeness (QED) is 0.382. The molecule has 39 heavy (non-hydrogen) atoms. The van der Waals surface area contributed by atoms with Crippen molar-refractivity contribution >= 4 is 11.6 Å². The van der Waals surface area contributed by atoms with Gasteiger partial charge in [-0.3, -0.25) is 4.79 Å². The molecule has 4 heterocycles. The summed E-state index contributed by atoms with van der Waals surface area (Å²) >= 11 is 0. The van der Waals surface area contributed by atoms with Crippen molar-refractivity contribution in [2.75, 3.05) is 19.7 Å². The molecular formula is C30H29F2N5O2. The van der Waals surface area contributed by atoms with E-state index in [1.54, 1.807) is 17.9 Å². The number of ether oxygens (including phenoxy) is 1. The molecule has 1 amide bonds. The number of carbonyl (C=O) groups excluding carboxylic acids is 1. The Kier molecular flexibility index (Phi) is 7.84. The molecule has 2 aromatic carbocycles. The largest absolute Gasteiger partial charge is 0.493 e. The predicted octanol–water partition coefficient (Wildman–Crippen LogP) is 4.90. The number of hydrogen-bond donors (Lipinski definition) is 1. The molecule has 2 aliphatic heterocycles. The zero-order valence-electron chi connectivity index (χ0n) is 21.6. The third-order valence-electron chi connectivity index (χ3n) is 6.80. The van der Waals surface area contributed by atoms with Gasteiger partial charge >= 0.3 is 0 Å². The van der Waals surface area contributed by atoms with Crippen LogP contribution in [0.15, 0.2) is 60.7 Å². The number of nitrogens with two attached hydrogens (primary N) is 1. The Morgan fingerprint density at radius 1 is 1.08 bits per heavy atom. The van der Waals surface area contributed by atoms with E-state index in [0.29, 0.717) is 23.6 Å². The maximum atomic E-state index is 13.2. The van der Waals surface area contributed by atoms with Gasteiger partial charge in [-0.25, -0.2) is 18.3 Å². The highest BCUT2D eigenvalue weighted by Gasteiger charge is 2.21. The van der Waals surface area contributed by atoms with Crippen molar-refractivity contribution in [1.82, 2.24) is 19.5 Å². The zero-order chi connectivity index (χ0) is 27.4. The number of benzene rings is 2. The molecular weight excluding hydrogens is 500 g/mol. The SMILES string of the molecule is CC#CC(=O)N1CCC(N)CC1.FC(F)c1ccc2nc(-c3ccc4c(c3)OCC4)c(-c3ccccc3)n2n1. The first-order valence-electron chi connectivity index (χ1n) is 12.9. The van der Waals surface area contributed by atoms with Crippen LogP contribution in [0, 0.1) is 11.8 Å². The molecule has 2 aromatic heterocycles. The van der Waals surface area contributed by atoms with Gasteiger partial charge in [0.1, 0.15) is 17.1 Å². The summed E-state index contributed by atoms with van der Waals surface area (Å²) in [5.74, 6) is 5.92. The van der Waals surface area contributed by atoms with E-state index in [9.17, 15) is 13.6 Å². The molecule has 0 unspecified atom stereocenters. The highest BCUT2D eigenvalue weighted by Crippen LogP contribution is 2.36. The number of amides is 1. The van der Waals surface area contributed by atoms with E-state index in [4.69, 9.17) is 10.5 Å². The number of aromatic nitrogens is 3. The zero-order valence-corrected chi connectivity index (χ0v) is 21.6. The Labute approximate surface area is 225 Å². The van der Waals surface area contributed by atoms with Crippen LogP contribution < -0.4 is 10.5 Å². The molecule has 1 fully saturated rings. The van der Waals surface area contributed by atoms with E-state index in [1.165, 1.54) is 16.1 Å². The fourth-order valence-corrected chi connectivity index (χ4v) is 4.72. The van der Waals surface area contributed by atoms with Gasteiger partial charge in [-0.1, -0.05) is 48.4 Å². The van der Waals surface area contributed by atoms with Crippen LogP contribution in [-0.2, 0) is 11.2 Å². The van der Waals surface area contributed by atoms with Crippen LogP contribution in [0.25, 0.3) is 28.2 Å². The maximum absolute atomic E-state index is 13.2. The molecule has 0 radical (unpaired) electrons. The second kappa shape index (κ2) is 11.6. The van der Waals surface area contributed by atoms with Gasteiger partial charge in [0, 0.05) is 36.7 Å². The first-order chi connectivity index (χ1) is 18.9. The molecule has 2 N–H and O–H groups in total. The number of halogens is 2. The lowest BCUT2D eigenvalue weighted by Gasteiger charge is -2.28. The summed E-state index contributed by atoms with van der Waals surface area (Å²) in [5.41, 5.74) is 10.2. The minimum Gasteiger partial charge on any atom is -0.493 e. The van der Waals surface area contributed by atoms with Gasteiger partial charge in [0.05, 0.1) is 12.3 Å². The lowest BCUT2D eigenvalue weighted by Crippen LogP contribution is -2.42. The summed E-state index contributed by atoms with van der Waals surface area (Å²) < 4.78 is 33.6. The lowest BCUT2D eigenvalue weighted by atomic mass is 10.0. The van der Waals surface area contributed by atoms with Gasteiger partial charge < -0.3 is 15.4 Å². The van der Waals surface area contributed by atoms with Crippen molar-refractivity contribution in [3.63, 3.8) is 0 Å². The van der Waals surface area contributed by atoms with Gasteiger partial charge in [-0.15, -0.1) is 0 Å². The van der Waals surface area contributed by atoms with E-state index in [-0.39, 0.29) is 17.6 Å². The molecule has 0 saturated carbocycles. The van der Waals surface area contributed by atoms with Gasteiger partial charge in [0.2, 0.25) is 0 Å². The van der Waals surface area contributed by atoms with E-state index >= 15 is 0 Å². The van der Waals surface area contributed by atoms with Crippen LogP contribution in [-0.4, -0.2) is 51.1 Å². The summed E-state index contributed by atoms with van der Waals surface area (Å²) in [6, 6.07) is 18.7. The number of carbonyl (C=O) groups is 1. The number of rotatable bonds is 3. The fourth-order valence-electron chi connectivity index (χ4n) is 4.72. The first kappa shape index (κ1) is 26.3. The second-order valence-corrected chi connectivity index (χ2v) is 9.43. The first-order valence-corrected chi connectivity index (χ1v) is 12.9. The van der Waals surface area contributed by atoms with Crippen LogP contribution in [0.3, 0.4) is 0 Å². The maximum Gasteiger partial charge on any atom is 0.298 e. The number of nitrogens with zero attached hydrogens (tertiary/aromatic N) is 4. The Bertz CT molecular complexity index is 1530. The van der Waals surface area contributed by atoms with Crippen molar-refractivity contribution < 1.29 is 18.3 Å². The van der Waals surface area contributed by atoms with Crippen molar-refractivity contribution in [3.05, 3.63) is 71.9 Å². The average Bonchev–Trinajstić information content (AvgIpc) is 3.58. The number of alkyl halides is 2. The molecule has 6 rings (SSSR count). The third kappa shape index (κ3) is 5.76. The summed E-state index contributed by atoms with van der Waals surface area (Å²) in [6.07, 6.45) is 0.0529. The minimum atomic E-state index is -2.64. The monoisotopic (exact) mass is 529 g/mol. The number of hydrogen-bond acceptors (Lipinski definition) is 5. The molecule has 1 saturated heterocycles. The molecule has 0 bridgehead atoms. The van der Waals surface area contributed by atoms with Crippen molar-refractivity contribution in [2.24, 2.45) is 5.73 Å². The number of fused-ring (bicyclic) bond motifs is 2. The molecule has 0 spiro atoms.